The van der Waals surface area contributed by atoms with E-state index in [4.69, 9.17) is 89.3 Å². The van der Waals surface area contributed by atoms with Crippen LogP contribution in [0.25, 0.3) is 0 Å². The van der Waals surface area contributed by atoms with Gasteiger partial charge in [-0.3, -0.25) is 0 Å². The van der Waals surface area contributed by atoms with Crippen LogP contribution in [0.5, 0.6) is 0 Å². The van der Waals surface area contributed by atoms with Crippen LogP contribution in [0.2, 0.25) is 0 Å². The highest BCUT2D eigenvalue weighted by molar-refractivity contribution is 5.67. The molecule has 2 saturated heterocycles. The van der Waals surface area contributed by atoms with Crippen LogP contribution in [0.1, 0.15) is 290 Å². The number of amides is 1. The number of hydrogen-bond donors (Lipinski definition) is 27. The highest BCUT2D eigenvalue weighted by Crippen LogP contribution is 2.56. The number of carbonyl (C=O) groups excluding carboxylic acids is 1. The fraction of sp³-hybridized carbons (Fsp3) is 0.991. The van der Waals surface area contributed by atoms with E-state index >= 15 is 0 Å². The van der Waals surface area contributed by atoms with E-state index in [9.17, 15) is 61.0 Å². The van der Waals surface area contributed by atoms with Gasteiger partial charge in [-0.1, -0.05) is 35.1 Å². The Kier molecular flexibility index (Phi) is 78.2. The van der Waals surface area contributed by atoms with E-state index in [0.29, 0.717) is 72.2 Å². The highest BCUT2D eigenvalue weighted by atomic mass is 16.8. The van der Waals surface area contributed by atoms with Crippen molar-refractivity contribution in [2.24, 2.45) is 22.9 Å². The molecule has 0 saturated carbocycles. The fourth-order valence-electron chi connectivity index (χ4n) is 17.2. The second kappa shape index (κ2) is 77.2. The molecule has 42 heteroatoms. The number of carbonyl (C=O) groups is 1. The van der Waals surface area contributed by atoms with Crippen LogP contribution >= 0.6 is 0 Å². The first kappa shape index (κ1) is 150. The lowest BCUT2D eigenvalue weighted by Crippen LogP contribution is -2.85. The Hall–Kier alpha value is -2.29. The molecule has 0 aromatic rings. The average molecular weight is 2150 g/mol. The van der Waals surface area contributed by atoms with Gasteiger partial charge in [0.05, 0.1) is 91.0 Å². The van der Waals surface area contributed by atoms with E-state index in [0.717, 1.165) is 195 Å². The van der Waals surface area contributed by atoms with E-state index in [-0.39, 0.29) is 100 Å². The fourth-order valence-corrected chi connectivity index (χ4v) is 17.2. The van der Waals surface area contributed by atoms with Crippen LogP contribution in [0, 0.1) is 0 Å². The maximum absolute atomic E-state index is 12.4. The van der Waals surface area contributed by atoms with E-state index in [1.54, 1.807) is 69.2 Å². The monoisotopic (exact) mass is 2150 g/mol. The minimum atomic E-state index is -2.23. The highest BCUT2D eigenvalue weighted by Gasteiger charge is 2.76. The summed E-state index contributed by atoms with van der Waals surface area (Å²) in [5, 5.41) is 164. The molecule has 1 amide bonds. The normalized spacial score (nSPS) is 26.0. The lowest BCUT2D eigenvalue weighted by molar-refractivity contribution is -0.418. The predicted octanol–water partition coefficient (Wildman–Crippen LogP) is 3.08. The largest absolute Gasteiger partial charge is 0.447 e. The first-order valence-corrected chi connectivity index (χ1v) is 54.8. The molecule has 0 aromatic carbocycles. The van der Waals surface area contributed by atoms with Crippen LogP contribution in [0.15, 0.2) is 0 Å². The Morgan fingerprint density at radius 2 is 0.696 bits per heavy atom. The maximum Gasteiger partial charge on any atom is 0.407 e. The van der Waals surface area contributed by atoms with Gasteiger partial charge >= 0.3 is 6.09 Å². The van der Waals surface area contributed by atoms with Crippen molar-refractivity contribution in [3.63, 3.8) is 0 Å². The van der Waals surface area contributed by atoms with Gasteiger partial charge in [-0.05, 0) is 399 Å². The standard InChI is InChI=1S/C55H119N9O13.C32H68N4O10.C17H37N3O3.2CH4/c1-44(67)34-73-49(7,45(2)58)41-71-40-48(6,36-64-33-21-31-62-27-17-15-25-60-29-19-23-57)76-52(10,38-66)74-43-51(9)54(12,69)55(13,70)53(11,68)50(8,77-51)42-72-39-47(5,75-46(3,4)37-65)35-63-32-20-30-61-26-16-14-24-59-28-18-22-56;1-10-44-29(5,25(37)38)45-26(2,21-36-20-14-19-35-17-12-11-16-34-18-13-15-33)22-43-24-28(4)31(7,40)32(8,41)30(6,39)27(3,46-28)23-42-9;1-3-5-9-18-10-6-7-11-19-12-8-13-20-17(21)23-16-15-22-14-4-2;;/h44-45,59-70H,14-43,56-58H2,1-13H3;25,34-41H,10-24,33H2,1-9H3;18-19H,3-16H2,1-2H3,(H,20,21);2*1H4/t44?,45?,47?,48?,49-,50-,51?,52+,53?,54+,55-;26?,27?,28-,29+,30+,31?,32+;;;/m11.../s1. The molecular weight excluding hydrogens is 1910 g/mol. The maximum atomic E-state index is 12.4. The lowest BCUT2D eigenvalue weighted by Gasteiger charge is -2.66. The molecular formula is C106H232N16O26. The Labute approximate surface area is 896 Å². The third-order valence-electron chi connectivity index (χ3n) is 28.3. The number of rotatable bonds is 91. The molecule has 0 bridgehead atoms. The summed E-state index contributed by atoms with van der Waals surface area (Å²) in [4.78, 5) is 11.3. The molecule has 42 nitrogen and oxygen atoms in total. The molecule has 148 heavy (non-hydrogen) atoms. The summed E-state index contributed by atoms with van der Waals surface area (Å²) in [5.74, 6) is -3.47. The molecule has 2 aliphatic rings. The molecule has 2 aliphatic heterocycles. The van der Waals surface area contributed by atoms with Crippen molar-refractivity contribution in [3.8, 4) is 0 Å². The van der Waals surface area contributed by atoms with Crippen LogP contribution in [0.4, 0.5) is 4.79 Å². The van der Waals surface area contributed by atoms with Gasteiger partial charge < -0.3 is 209 Å². The summed E-state index contributed by atoms with van der Waals surface area (Å²) in [6.07, 6.45) is 15.8. The van der Waals surface area contributed by atoms with Gasteiger partial charge in [0.15, 0.2) is 5.79 Å². The van der Waals surface area contributed by atoms with E-state index < -0.39 is 127 Å². The summed E-state index contributed by atoms with van der Waals surface area (Å²) in [6, 6.07) is -0.452. The average Bonchev–Trinajstić information content (AvgIpc) is 0.690. The van der Waals surface area contributed by atoms with Crippen LogP contribution in [-0.4, -0.2) is 453 Å². The Balaban J connectivity index is -0.00000248. The summed E-state index contributed by atoms with van der Waals surface area (Å²) in [7, 11) is 1.46. The topological polar surface area (TPSA) is 617 Å². The molecule has 31 N–H and O–H groups in total. The number of nitrogens with one attached hydrogen (secondary N) is 12. The van der Waals surface area contributed by atoms with Gasteiger partial charge in [-0.2, -0.15) is 0 Å². The SMILES string of the molecule is C.C.CC(O)CO[C@](C)(COCC(C)(CNCCCNCCCCNCCCN)O[C@@](C)(CO)OCC1(C)O[C@](C)(COCC(C)(CNCCCNCCCCNCCCN)OC(C)(C)CO)C(C)(O)[C@@](C)(O)[C@@]1(C)O)C(C)N.CCCCNCCCCNCCCNC(=O)OCCOCCC.CCO[C@@](C)(OC(C)(CNCCCNCCCCNCCCN)COC[C@@]1(C)OC(C)(COC)[C@](C)(O)[C@](C)(O)C1(C)O)C(O)O. The molecule has 0 aromatic heterocycles. The molecule has 892 valence electrons. The van der Waals surface area contributed by atoms with E-state index in [1.807, 2.05) is 34.6 Å². The summed E-state index contributed by atoms with van der Waals surface area (Å²) in [6.45, 7) is 58.9. The Morgan fingerprint density at radius 1 is 0.365 bits per heavy atom. The van der Waals surface area contributed by atoms with Crippen molar-refractivity contribution in [2.75, 3.05) is 276 Å². The molecule has 2 fully saturated rings. The Morgan fingerprint density at radius 3 is 1.03 bits per heavy atom. The number of ether oxygens (including phenoxy) is 14. The van der Waals surface area contributed by atoms with Gasteiger partial charge in [0.25, 0.3) is 0 Å². The minimum absolute atomic E-state index is 0. The number of alkyl carbamates (subject to hydrolysis) is 1. The number of unbranched alkanes of at least 4 members (excludes halogenated alkanes) is 5. The third-order valence-corrected chi connectivity index (χ3v) is 28.3. The second-order valence-electron chi connectivity index (χ2n) is 43.9. The van der Waals surface area contributed by atoms with Gasteiger partial charge in [0.2, 0.25) is 12.1 Å². The zero-order chi connectivity index (χ0) is 111. The zero-order valence-corrected chi connectivity index (χ0v) is 95.8. The molecule has 0 spiro atoms. The number of aliphatic hydroxyl groups is 11. The van der Waals surface area contributed by atoms with Gasteiger partial charge in [0, 0.05) is 52.5 Å². The van der Waals surface area contributed by atoms with Crippen molar-refractivity contribution in [1.29, 1.82) is 0 Å². The van der Waals surface area contributed by atoms with Crippen molar-refractivity contribution in [1.82, 2.24) is 63.8 Å². The summed E-state index contributed by atoms with van der Waals surface area (Å²) >= 11 is 0. The molecule has 9 unspecified atom stereocenters. The molecule has 2 heterocycles. The van der Waals surface area contributed by atoms with Crippen molar-refractivity contribution < 1.29 is 127 Å². The number of nitrogens with two attached hydrogens (primary N) is 4. The number of hydrogen-bond acceptors (Lipinski definition) is 41. The zero-order valence-electron chi connectivity index (χ0n) is 95.8. The van der Waals surface area contributed by atoms with Crippen molar-refractivity contribution >= 4 is 6.09 Å². The van der Waals surface area contributed by atoms with E-state index in [1.165, 1.54) is 81.3 Å². The van der Waals surface area contributed by atoms with Crippen molar-refractivity contribution in [3.05, 3.63) is 0 Å². The Bertz CT molecular complexity index is 3220. The number of methoxy groups -OCH3 is 1. The van der Waals surface area contributed by atoms with Gasteiger partial charge in [-0.15, -0.1) is 0 Å². The second-order valence-corrected chi connectivity index (χ2v) is 43.9. The number of aliphatic hydroxyl groups excluding tert-OH is 4. The van der Waals surface area contributed by atoms with E-state index in [2.05, 4.69) is 70.7 Å². The molecule has 18 atom stereocenters. The minimum Gasteiger partial charge on any atom is -0.447 e. The van der Waals surface area contributed by atoms with Crippen LogP contribution in [0.3, 0.4) is 0 Å². The lowest BCUT2D eigenvalue weighted by atomic mass is 9.58. The summed E-state index contributed by atoms with van der Waals surface area (Å²) in [5.41, 5.74) is -0.819. The first-order chi connectivity index (χ1) is 68.4. The predicted molar refractivity (Wildman–Crippen MR) is 590 cm³/mol. The van der Waals surface area contributed by atoms with Crippen molar-refractivity contribution in [2.45, 2.75) is 404 Å². The van der Waals surface area contributed by atoms with Crippen LogP contribution < -0.4 is 86.7 Å². The molecule has 0 aliphatic carbocycles. The smallest absolute Gasteiger partial charge is 0.407 e. The summed E-state index contributed by atoms with van der Waals surface area (Å²) < 4.78 is 85.1. The quantitative estimate of drug-likeness (QED) is 0.0307. The van der Waals surface area contributed by atoms with Crippen LogP contribution in [-0.2, 0) is 66.3 Å². The van der Waals surface area contributed by atoms with Gasteiger partial charge in [-0.25, -0.2) is 4.79 Å². The third kappa shape index (κ3) is 54.5. The first-order valence-electron chi connectivity index (χ1n) is 54.8. The van der Waals surface area contributed by atoms with Gasteiger partial charge in [0.1, 0.15) is 85.0 Å². The molecule has 0 radical (unpaired) electrons. The molecule has 2 rings (SSSR count).